The highest BCUT2D eigenvalue weighted by Gasteiger charge is 2.35. The van der Waals surface area contributed by atoms with Gasteiger partial charge in [0.1, 0.15) is 6.61 Å². The summed E-state index contributed by atoms with van der Waals surface area (Å²) in [5.74, 6) is 0. The predicted molar refractivity (Wildman–Crippen MR) is 105 cm³/mol. The first kappa shape index (κ1) is 20.5. The van der Waals surface area contributed by atoms with Gasteiger partial charge in [-0.1, -0.05) is 81.5 Å². The van der Waals surface area contributed by atoms with Gasteiger partial charge in [0.05, 0.1) is 12.1 Å². The van der Waals surface area contributed by atoms with Gasteiger partial charge < -0.3 is 9.84 Å². The summed E-state index contributed by atoms with van der Waals surface area (Å²) in [4.78, 5) is 14.0. The van der Waals surface area contributed by atoms with Crippen LogP contribution in [0.15, 0.2) is 42.5 Å². The number of amides is 1. The van der Waals surface area contributed by atoms with Crippen LogP contribution < -0.4 is 0 Å². The number of hydrogen-bond donors (Lipinski definition) is 1. The number of likely N-dealkylation sites (tertiary alicyclic amines) is 1. The Morgan fingerprint density at radius 3 is 2.69 bits per heavy atom. The third-order valence-corrected chi connectivity index (χ3v) is 4.92. The topological polar surface area (TPSA) is 49.8 Å². The maximum absolute atomic E-state index is 12.4. The molecule has 144 valence electrons. The summed E-state index contributed by atoms with van der Waals surface area (Å²) >= 11 is 0. The van der Waals surface area contributed by atoms with Gasteiger partial charge in [-0.05, 0) is 24.8 Å². The molecule has 2 rings (SSSR count). The molecule has 0 aliphatic carbocycles. The lowest BCUT2D eigenvalue weighted by atomic mass is 10.1. The molecule has 1 heterocycles. The monoisotopic (exact) mass is 359 g/mol. The van der Waals surface area contributed by atoms with Crippen molar-refractivity contribution in [2.24, 2.45) is 0 Å². The van der Waals surface area contributed by atoms with Gasteiger partial charge in [-0.15, -0.1) is 0 Å². The van der Waals surface area contributed by atoms with Crippen LogP contribution in [-0.2, 0) is 11.3 Å². The van der Waals surface area contributed by atoms with E-state index in [2.05, 4.69) is 13.0 Å². The highest BCUT2D eigenvalue weighted by atomic mass is 16.6. The van der Waals surface area contributed by atoms with Crippen LogP contribution in [-0.4, -0.2) is 34.8 Å². The summed E-state index contributed by atoms with van der Waals surface area (Å²) in [7, 11) is 0. The van der Waals surface area contributed by atoms with Gasteiger partial charge in [-0.25, -0.2) is 4.79 Å². The highest BCUT2D eigenvalue weighted by molar-refractivity contribution is 5.69. The number of nitrogens with zero attached hydrogens (tertiary/aromatic N) is 1. The van der Waals surface area contributed by atoms with Gasteiger partial charge in [-0.3, -0.25) is 4.90 Å². The first-order chi connectivity index (χ1) is 12.7. The number of ether oxygens (including phenoxy) is 1. The molecule has 1 aliphatic rings. The van der Waals surface area contributed by atoms with E-state index in [0.717, 1.165) is 12.0 Å². The normalized spacial score (nSPS) is 20.0. The second-order valence-corrected chi connectivity index (χ2v) is 7.06. The summed E-state index contributed by atoms with van der Waals surface area (Å²) in [6.07, 6.45) is 12.5. The van der Waals surface area contributed by atoms with E-state index in [4.69, 9.17) is 4.74 Å². The van der Waals surface area contributed by atoms with Gasteiger partial charge in [0.25, 0.3) is 0 Å². The van der Waals surface area contributed by atoms with Crippen molar-refractivity contribution in [1.82, 2.24) is 4.90 Å². The summed E-state index contributed by atoms with van der Waals surface area (Å²) in [6, 6.07) is 9.40. The van der Waals surface area contributed by atoms with E-state index >= 15 is 0 Å². The second kappa shape index (κ2) is 11.7. The Balaban J connectivity index is 1.73. The number of aliphatic hydroxyl groups excluding tert-OH is 1. The van der Waals surface area contributed by atoms with Crippen molar-refractivity contribution in [1.29, 1.82) is 0 Å². The lowest BCUT2D eigenvalue weighted by molar-refractivity contribution is 0.0833. The molecule has 1 aliphatic heterocycles. The Bertz CT molecular complexity index is 544. The molecule has 0 unspecified atom stereocenters. The fraction of sp³-hybridized carbons (Fsp3) is 0.591. The lowest BCUT2D eigenvalue weighted by Gasteiger charge is -2.23. The van der Waals surface area contributed by atoms with Crippen LogP contribution in [0.3, 0.4) is 0 Å². The van der Waals surface area contributed by atoms with E-state index in [9.17, 15) is 9.90 Å². The summed E-state index contributed by atoms with van der Waals surface area (Å²) in [5.41, 5.74) is 0.968. The van der Waals surface area contributed by atoms with Gasteiger partial charge in [0.15, 0.2) is 0 Å². The summed E-state index contributed by atoms with van der Waals surface area (Å²) in [5, 5.41) is 10.2. The molecular formula is C22H33NO3. The maximum Gasteiger partial charge on any atom is 0.410 e. The average Bonchev–Trinajstić information content (AvgIpc) is 3.03. The third kappa shape index (κ3) is 6.83. The van der Waals surface area contributed by atoms with E-state index in [1.165, 1.54) is 38.5 Å². The van der Waals surface area contributed by atoms with Crippen molar-refractivity contribution in [2.45, 2.75) is 77.0 Å². The van der Waals surface area contributed by atoms with E-state index in [1.807, 2.05) is 36.4 Å². The number of carbonyl (C=O) groups is 1. The Hall–Kier alpha value is -1.81. The van der Waals surface area contributed by atoms with Crippen LogP contribution >= 0.6 is 0 Å². The van der Waals surface area contributed by atoms with Crippen molar-refractivity contribution < 1.29 is 14.6 Å². The number of benzene rings is 1. The van der Waals surface area contributed by atoms with E-state index < -0.39 is 6.10 Å². The highest BCUT2D eigenvalue weighted by Crippen LogP contribution is 2.21. The van der Waals surface area contributed by atoms with Crippen molar-refractivity contribution in [3.8, 4) is 0 Å². The summed E-state index contributed by atoms with van der Waals surface area (Å²) in [6.45, 7) is 3.04. The Morgan fingerprint density at radius 1 is 1.19 bits per heavy atom. The second-order valence-electron chi connectivity index (χ2n) is 7.06. The largest absolute Gasteiger partial charge is 0.445 e. The Morgan fingerprint density at radius 2 is 1.92 bits per heavy atom. The lowest BCUT2D eigenvalue weighted by Crippen LogP contribution is -2.38. The fourth-order valence-electron chi connectivity index (χ4n) is 3.32. The van der Waals surface area contributed by atoms with Crippen LogP contribution in [0.5, 0.6) is 0 Å². The Labute approximate surface area is 157 Å². The van der Waals surface area contributed by atoms with Gasteiger partial charge in [-0.2, -0.15) is 0 Å². The molecule has 1 N–H and O–H groups in total. The minimum Gasteiger partial charge on any atom is -0.445 e. The Kier molecular flexibility index (Phi) is 9.26. The molecule has 4 heteroatoms. The first-order valence-corrected chi connectivity index (χ1v) is 10.0. The number of carbonyl (C=O) groups excluding carboxylic acids is 1. The summed E-state index contributed by atoms with van der Waals surface area (Å²) < 4.78 is 5.41. The molecule has 1 amide bonds. The zero-order valence-corrected chi connectivity index (χ0v) is 16.0. The number of aliphatic hydroxyl groups is 1. The molecule has 4 nitrogen and oxygen atoms in total. The predicted octanol–water partition coefficient (Wildman–Crippen LogP) is 5.07. The quantitative estimate of drug-likeness (QED) is 0.469. The van der Waals surface area contributed by atoms with Gasteiger partial charge in [0.2, 0.25) is 0 Å². The average molecular weight is 360 g/mol. The van der Waals surface area contributed by atoms with Crippen LogP contribution in [0, 0.1) is 0 Å². The molecule has 0 bridgehead atoms. The van der Waals surface area contributed by atoms with Gasteiger partial charge in [0, 0.05) is 6.54 Å². The van der Waals surface area contributed by atoms with Crippen molar-refractivity contribution in [2.75, 3.05) is 6.54 Å². The molecule has 1 aromatic rings. The smallest absolute Gasteiger partial charge is 0.410 e. The number of unbranched alkanes of at least 4 members (excludes halogenated alkanes) is 6. The van der Waals surface area contributed by atoms with Crippen LogP contribution in [0.1, 0.15) is 63.9 Å². The third-order valence-electron chi connectivity index (χ3n) is 4.92. The molecule has 0 spiro atoms. The molecule has 0 radical (unpaired) electrons. The molecule has 2 atom stereocenters. The van der Waals surface area contributed by atoms with Crippen LogP contribution in [0.4, 0.5) is 4.79 Å². The number of hydrogen-bond acceptors (Lipinski definition) is 3. The maximum atomic E-state index is 12.4. The fourth-order valence-corrected chi connectivity index (χ4v) is 3.32. The first-order valence-electron chi connectivity index (χ1n) is 10.0. The van der Waals surface area contributed by atoms with Gasteiger partial charge >= 0.3 is 6.09 Å². The minimum absolute atomic E-state index is 0.264. The molecular weight excluding hydrogens is 326 g/mol. The molecule has 0 saturated carbocycles. The van der Waals surface area contributed by atoms with E-state index in [0.29, 0.717) is 13.0 Å². The zero-order valence-electron chi connectivity index (χ0n) is 16.0. The number of rotatable bonds is 10. The van der Waals surface area contributed by atoms with E-state index in [1.54, 1.807) is 4.90 Å². The molecule has 26 heavy (non-hydrogen) atoms. The molecule has 1 fully saturated rings. The van der Waals surface area contributed by atoms with Crippen molar-refractivity contribution >= 4 is 6.09 Å². The van der Waals surface area contributed by atoms with Crippen LogP contribution in [0.2, 0.25) is 0 Å². The minimum atomic E-state index is -0.500. The standard InChI is InChI=1S/C22H33NO3/c1-2-3-4-5-6-7-8-12-15-20-21(24)16-17-23(20)22(25)26-18-19-13-10-9-11-14-19/h9-15,20-21,24H,2-8,16-18H2,1H3/b15-12-/t20-,21-/m1/s1. The SMILES string of the molecule is CCCCCCCC/C=C\[C@@H]1[C@H](O)CCN1C(=O)OCc1ccccc1. The number of allylic oxidation sites excluding steroid dienone is 1. The molecule has 0 aromatic heterocycles. The zero-order chi connectivity index (χ0) is 18.6. The van der Waals surface area contributed by atoms with Crippen molar-refractivity contribution in [3.63, 3.8) is 0 Å². The molecule has 1 saturated heterocycles. The van der Waals surface area contributed by atoms with Crippen LogP contribution in [0.25, 0.3) is 0 Å². The van der Waals surface area contributed by atoms with Crippen molar-refractivity contribution in [3.05, 3.63) is 48.0 Å². The van der Waals surface area contributed by atoms with E-state index in [-0.39, 0.29) is 18.7 Å². The molecule has 1 aromatic carbocycles.